The number of halogens is 1. The number of nitrogens with zero attached hydrogens (tertiary/aromatic N) is 2. The first-order valence-corrected chi connectivity index (χ1v) is 13.3. The van der Waals surface area contributed by atoms with Crippen LogP contribution >= 0.6 is 27.3 Å². The van der Waals surface area contributed by atoms with Crippen molar-refractivity contribution in [2.45, 2.75) is 39.8 Å². The van der Waals surface area contributed by atoms with Crippen LogP contribution in [0.2, 0.25) is 0 Å². The zero-order valence-corrected chi connectivity index (χ0v) is 23.5. The average Bonchev–Trinajstić information content (AvgIpc) is 3.14. The zero-order valence-electron chi connectivity index (χ0n) is 21.1. The third-order valence-corrected chi connectivity index (χ3v) is 7.10. The number of benzene rings is 2. The molecule has 8 nitrogen and oxygen atoms in total. The molecular weight excluding hydrogens is 560 g/mol. The summed E-state index contributed by atoms with van der Waals surface area (Å²) in [6, 6.07) is 9.89. The van der Waals surface area contributed by atoms with Crippen molar-refractivity contribution < 1.29 is 24.1 Å². The molecule has 10 heteroatoms. The Kier molecular flexibility index (Phi) is 7.89. The standard InChI is InChI=1S/C27H27BrN2O6S/c1-6-35-26(33)22-15(4)29-27-30(23(22)16-7-9-19(10-8-16)36-14(2)3)25(32)21(37-27)12-17-11-18(28)13-20(34-5)24(17)31/h7-14,23,31H,6H2,1-5H3/b21-12-/t23-/m0/s1. The molecule has 0 amide bonds. The monoisotopic (exact) mass is 586 g/mol. The van der Waals surface area contributed by atoms with E-state index >= 15 is 0 Å². The highest BCUT2D eigenvalue weighted by Gasteiger charge is 2.33. The molecule has 1 N–H and O–H groups in total. The normalized spacial score (nSPS) is 15.4. The Bertz CT molecular complexity index is 1550. The highest BCUT2D eigenvalue weighted by molar-refractivity contribution is 9.10. The van der Waals surface area contributed by atoms with Gasteiger partial charge in [-0.3, -0.25) is 9.36 Å². The van der Waals surface area contributed by atoms with Gasteiger partial charge >= 0.3 is 5.97 Å². The fraction of sp³-hybridized carbons (Fsp3) is 0.296. The summed E-state index contributed by atoms with van der Waals surface area (Å²) in [5.74, 6) is 0.344. The molecule has 0 spiro atoms. The van der Waals surface area contributed by atoms with Gasteiger partial charge in [-0.1, -0.05) is 39.4 Å². The molecule has 2 aromatic carbocycles. The van der Waals surface area contributed by atoms with E-state index in [1.54, 1.807) is 32.1 Å². The van der Waals surface area contributed by atoms with Gasteiger partial charge in [-0.05, 0) is 63.6 Å². The number of carbonyl (C=O) groups excluding carboxylic acids is 1. The lowest BCUT2D eigenvalue weighted by Crippen LogP contribution is -2.39. The predicted octanol–water partition coefficient (Wildman–Crippen LogP) is 4.06. The number of aromatic nitrogens is 1. The Balaban J connectivity index is 1.93. The van der Waals surface area contributed by atoms with Gasteiger partial charge in [0.1, 0.15) is 5.75 Å². The number of aromatic hydroxyl groups is 1. The number of fused-ring (bicyclic) bond motifs is 1. The Morgan fingerprint density at radius 2 is 1.97 bits per heavy atom. The van der Waals surface area contributed by atoms with Crippen molar-refractivity contribution >= 4 is 39.3 Å². The number of phenolic OH excluding ortho intramolecular Hbond substituents is 1. The van der Waals surface area contributed by atoms with Crippen LogP contribution in [0.1, 0.15) is 44.9 Å². The number of carbonyl (C=O) groups is 1. The smallest absolute Gasteiger partial charge is 0.338 e. The first kappa shape index (κ1) is 26.7. The molecule has 4 rings (SSSR count). The summed E-state index contributed by atoms with van der Waals surface area (Å²) in [4.78, 5) is 31.8. The van der Waals surface area contributed by atoms with E-state index in [-0.39, 0.29) is 29.8 Å². The van der Waals surface area contributed by atoms with Crippen molar-refractivity contribution in [1.29, 1.82) is 0 Å². The van der Waals surface area contributed by atoms with Gasteiger partial charge in [0.25, 0.3) is 5.56 Å². The van der Waals surface area contributed by atoms with E-state index in [0.29, 0.717) is 42.0 Å². The van der Waals surface area contributed by atoms with Crippen LogP contribution in [-0.4, -0.2) is 35.5 Å². The Hall–Kier alpha value is -3.37. The van der Waals surface area contributed by atoms with Crippen molar-refractivity contribution in [2.24, 2.45) is 4.99 Å². The lowest BCUT2D eigenvalue weighted by atomic mass is 9.96. The van der Waals surface area contributed by atoms with Gasteiger partial charge in [-0.15, -0.1) is 0 Å². The van der Waals surface area contributed by atoms with Crippen molar-refractivity contribution in [1.82, 2.24) is 4.57 Å². The summed E-state index contributed by atoms with van der Waals surface area (Å²) in [6.07, 6.45) is 1.60. The summed E-state index contributed by atoms with van der Waals surface area (Å²) < 4.78 is 18.9. The topological polar surface area (TPSA) is 99.4 Å². The van der Waals surface area contributed by atoms with Gasteiger partial charge < -0.3 is 19.3 Å². The number of methoxy groups -OCH3 is 1. The van der Waals surface area contributed by atoms with E-state index in [4.69, 9.17) is 14.2 Å². The van der Waals surface area contributed by atoms with E-state index in [2.05, 4.69) is 20.9 Å². The highest BCUT2D eigenvalue weighted by atomic mass is 79.9. The van der Waals surface area contributed by atoms with Crippen molar-refractivity contribution in [2.75, 3.05) is 13.7 Å². The lowest BCUT2D eigenvalue weighted by molar-refractivity contribution is -0.139. The summed E-state index contributed by atoms with van der Waals surface area (Å²) in [7, 11) is 1.45. The first-order valence-electron chi connectivity index (χ1n) is 11.7. The molecule has 1 atom stereocenters. The average molecular weight is 587 g/mol. The molecule has 2 heterocycles. The second kappa shape index (κ2) is 10.9. The van der Waals surface area contributed by atoms with Crippen LogP contribution in [0.15, 0.2) is 61.9 Å². The second-order valence-electron chi connectivity index (χ2n) is 8.58. The van der Waals surface area contributed by atoms with Gasteiger partial charge in [0.05, 0.1) is 41.7 Å². The molecule has 0 fully saturated rings. The minimum atomic E-state index is -0.740. The predicted molar refractivity (Wildman–Crippen MR) is 145 cm³/mol. The fourth-order valence-corrected chi connectivity index (χ4v) is 5.60. The van der Waals surface area contributed by atoms with Crippen molar-refractivity contribution in [3.63, 3.8) is 0 Å². The molecule has 1 aromatic heterocycles. The molecule has 0 bridgehead atoms. The maximum atomic E-state index is 13.8. The van der Waals surface area contributed by atoms with E-state index < -0.39 is 12.0 Å². The number of thiazole rings is 1. The summed E-state index contributed by atoms with van der Waals surface area (Å²) >= 11 is 4.58. The molecule has 0 saturated carbocycles. The highest BCUT2D eigenvalue weighted by Crippen LogP contribution is 2.34. The van der Waals surface area contributed by atoms with Crippen LogP contribution in [0.5, 0.6) is 17.2 Å². The molecule has 3 aromatic rings. The van der Waals surface area contributed by atoms with E-state index in [1.807, 2.05) is 38.1 Å². The van der Waals surface area contributed by atoms with Crippen molar-refractivity contribution in [3.8, 4) is 17.2 Å². The van der Waals surface area contributed by atoms with E-state index in [0.717, 1.165) is 0 Å². The van der Waals surface area contributed by atoms with Gasteiger partial charge in [-0.25, -0.2) is 9.79 Å². The Morgan fingerprint density at radius 1 is 1.27 bits per heavy atom. The fourth-order valence-electron chi connectivity index (χ4n) is 4.11. The van der Waals surface area contributed by atoms with Crippen LogP contribution in [0.3, 0.4) is 0 Å². The molecule has 0 radical (unpaired) electrons. The van der Waals surface area contributed by atoms with E-state index in [1.165, 1.54) is 23.0 Å². The number of rotatable bonds is 7. The van der Waals surface area contributed by atoms with Crippen LogP contribution in [0.25, 0.3) is 6.08 Å². The number of hydrogen-bond donors (Lipinski definition) is 1. The second-order valence-corrected chi connectivity index (χ2v) is 10.5. The van der Waals surface area contributed by atoms with Gasteiger partial charge in [0.2, 0.25) is 0 Å². The SMILES string of the molecule is CCOC(=O)C1=C(C)N=c2s/c(=C\c3cc(Br)cc(OC)c3O)c(=O)n2[C@H]1c1ccc(OC(C)C)cc1. The van der Waals surface area contributed by atoms with E-state index in [9.17, 15) is 14.7 Å². The number of ether oxygens (including phenoxy) is 3. The molecule has 0 saturated heterocycles. The largest absolute Gasteiger partial charge is 0.504 e. The van der Waals surface area contributed by atoms with Crippen LogP contribution in [-0.2, 0) is 9.53 Å². The van der Waals surface area contributed by atoms with Crippen LogP contribution in [0, 0.1) is 0 Å². The van der Waals surface area contributed by atoms with Gasteiger partial charge in [0, 0.05) is 10.0 Å². The minimum absolute atomic E-state index is 0.00817. The number of esters is 1. The minimum Gasteiger partial charge on any atom is -0.504 e. The maximum Gasteiger partial charge on any atom is 0.338 e. The molecule has 194 valence electrons. The molecule has 1 aliphatic rings. The van der Waals surface area contributed by atoms with Gasteiger partial charge in [-0.2, -0.15) is 0 Å². The number of allylic oxidation sites excluding steroid dienone is 1. The summed E-state index contributed by atoms with van der Waals surface area (Å²) in [6.45, 7) is 7.54. The lowest BCUT2D eigenvalue weighted by Gasteiger charge is -2.25. The molecule has 1 aliphatic heterocycles. The third-order valence-electron chi connectivity index (χ3n) is 5.66. The number of hydrogen-bond acceptors (Lipinski definition) is 8. The number of phenols is 1. The van der Waals surface area contributed by atoms with Crippen molar-refractivity contribution in [3.05, 3.63) is 83.0 Å². The molecule has 0 aliphatic carbocycles. The molecule has 0 unspecified atom stereocenters. The zero-order chi connectivity index (χ0) is 26.9. The summed E-state index contributed by atoms with van der Waals surface area (Å²) in [5, 5.41) is 10.6. The maximum absolute atomic E-state index is 13.8. The Labute approximate surface area is 226 Å². The molecular formula is C27H27BrN2O6S. The van der Waals surface area contributed by atoms with Gasteiger partial charge in [0.15, 0.2) is 16.3 Å². The molecule has 37 heavy (non-hydrogen) atoms. The quantitative estimate of drug-likeness (QED) is 0.419. The Morgan fingerprint density at radius 3 is 2.59 bits per heavy atom. The van der Waals surface area contributed by atoms with Crippen LogP contribution < -0.4 is 24.4 Å². The first-order chi connectivity index (χ1) is 17.6. The van der Waals surface area contributed by atoms with Crippen LogP contribution in [0.4, 0.5) is 0 Å². The third kappa shape index (κ3) is 5.35. The summed E-state index contributed by atoms with van der Waals surface area (Å²) in [5.41, 5.74) is 1.55.